The topological polar surface area (TPSA) is 64.4 Å². The summed E-state index contributed by atoms with van der Waals surface area (Å²) in [6.07, 6.45) is 1.09. The van der Waals surface area contributed by atoms with Crippen LogP contribution in [-0.2, 0) is 11.3 Å². The molecule has 17 heavy (non-hydrogen) atoms. The van der Waals surface area contributed by atoms with Crippen molar-refractivity contribution in [3.63, 3.8) is 0 Å². The number of carbonyl (C=O) groups is 1. The average molecular weight is 238 g/mol. The number of nitrogens with two attached hydrogens (primary N) is 1. The fraction of sp³-hybridized carbons (Fsp3) is 0.417. The molecular formula is C12H15FN2O2. The standard InChI is InChI=1S/C12H15FN2O2/c13-11-5-8(12(14)16)1-2-9(11)7-17-10-3-4-15-6-10/h1-2,5,10,15H,3-4,6-7H2,(H2,14,16). The lowest BCUT2D eigenvalue weighted by atomic mass is 10.1. The van der Waals surface area contributed by atoms with Crippen LogP contribution in [0.15, 0.2) is 18.2 Å². The number of hydrogen-bond donors (Lipinski definition) is 2. The van der Waals surface area contributed by atoms with E-state index in [-0.39, 0.29) is 18.3 Å². The molecule has 92 valence electrons. The van der Waals surface area contributed by atoms with E-state index in [1.807, 2.05) is 0 Å². The largest absolute Gasteiger partial charge is 0.372 e. The molecule has 0 radical (unpaired) electrons. The Bertz CT molecular complexity index is 417. The van der Waals surface area contributed by atoms with Gasteiger partial charge in [0.1, 0.15) is 5.82 Å². The molecule has 1 aliphatic rings. The number of halogens is 1. The maximum atomic E-state index is 13.6. The van der Waals surface area contributed by atoms with Crippen molar-refractivity contribution in [2.45, 2.75) is 19.1 Å². The summed E-state index contributed by atoms with van der Waals surface area (Å²) < 4.78 is 19.1. The van der Waals surface area contributed by atoms with Gasteiger partial charge in [-0.1, -0.05) is 6.07 Å². The maximum Gasteiger partial charge on any atom is 0.248 e. The van der Waals surface area contributed by atoms with Crippen LogP contribution in [-0.4, -0.2) is 25.1 Å². The van der Waals surface area contributed by atoms with E-state index in [4.69, 9.17) is 10.5 Å². The zero-order valence-corrected chi connectivity index (χ0v) is 9.41. The Hall–Kier alpha value is -1.46. The lowest BCUT2D eigenvalue weighted by molar-refractivity contribution is 0.0525. The summed E-state index contributed by atoms with van der Waals surface area (Å²) in [5.74, 6) is -1.08. The van der Waals surface area contributed by atoms with Crippen molar-refractivity contribution < 1.29 is 13.9 Å². The highest BCUT2D eigenvalue weighted by Gasteiger charge is 2.15. The van der Waals surface area contributed by atoms with Crippen LogP contribution in [0.1, 0.15) is 22.3 Å². The fourth-order valence-corrected chi connectivity index (χ4v) is 1.80. The molecule has 4 nitrogen and oxygen atoms in total. The normalized spacial score (nSPS) is 19.5. The van der Waals surface area contributed by atoms with Gasteiger partial charge in [0.25, 0.3) is 0 Å². The van der Waals surface area contributed by atoms with E-state index in [9.17, 15) is 9.18 Å². The maximum absolute atomic E-state index is 13.6. The molecule has 1 heterocycles. The summed E-state index contributed by atoms with van der Waals surface area (Å²) in [7, 11) is 0. The second-order valence-corrected chi connectivity index (χ2v) is 4.10. The predicted octanol–water partition coefficient (Wildman–Crippen LogP) is 0.803. The number of carbonyl (C=O) groups excluding carboxylic acids is 1. The molecular weight excluding hydrogens is 223 g/mol. The molecule has 1 fully saturated rings. The Morgan fingerprint density at radius 2 is 2.41 bits per heavy atom. The first-order valence-corrected chi connectivity index (χ1v) is 5.57. The van der Waals surface area contributed by atoms with Crippen LogP contribution in [0.3, 0.4) is 0 Å². The van der Waals surface area contributed by atoms with Gasteiger partial charge in [-0.15, -0.1) is 0 Å². The number of ether oxygens (including phenoxy) is 1. The summed E-state index contributed by atoms with van der Waals surface area (Å²) in [5.41, 5.74) is 5.68. The third-order valence-corrected chi connectivity index (χ3v) is 2.83. The quantitative estimate of drug-likeness (QED) is 0.815. The van der Waals surface area contributed by atoms with Gasteiger partial charge in [0, 0.05) is 17.7 Å². The van der Waals surface area contributed by atoms with Crippen LogP contribution in [0.25, 0.3) is 0 Å². The lowest BCUT2D eigenvalue weighted by Gasteiger charge is -2.11. The number of primary amides is 1. The minimum Gasteiger partial charge on any atom is -0.372 e. The number of nitrogens with one attached hydrogen (secondary N) is 1. The van der Waals surface area contributed by atoms with Crippen LogP contribution in [0.5, 0.6) is 0 Å². The van der Waals surface area contributed by atoms with Crippen LogP contribution in [0.4, 0.5) is 4.39 Å². The fourth-order valence-electron chi connectivity index (χ4n) is 1.80. The Morgan fingerprint density at radius 1 is 1.59 bits per heavy atom. The Kier molecular flexibility index (Phi) is 3.71. The molecule has 0 spiro atoms. The molecule has 0 bridgehead atoms. The van der Waals surface area contributed by atoms with E-state index in [1.54, 1.807) is 0 Å². The summed E-state index contributed by atoms with van der Waals surface area (Å²) >= 11 is 0. The predicted molar refractivity (Wildman–Crippen MR) is 61.0 cm³/mol. The van der Waals surface area contributed by atoms with Crippen molar-refractivity contribution in [1.29, 1.82) is 0 Å². The third-order valence-electron chi connectivity index (χ3n) is 2.83. The first-order chi connectivity index (χ1) is 8.16. The van der Waals surface area contributed by atoms with E-state index >= 15 is 0 Å². The van der Waals surface area contributed by atoms with Gasteiger partial charge in [-0.25, -0.2) is 4.39 Å². The number of benzene rings is 1. The van der Waals surface area contributed by atoms with Gasteiger partial charge < -0.3 is 15.8 Å². The van der Waals surface area contributed by atoms with Gasteiger partial charge in [0.2, 0.25) is 5.91 Å². The molecule has 1 atom stereocenters. The summed E-state index contributed by atoms with van der Waals surface area (Å²) in [6, 6.07) is 4.20. The van der Waals surface area contributed by atoms with Crippen molar-refractivity contribution in [2.75, 3.05) is 13.1 Å². The molecule has 1 saturated heterocycles. The molecule has 0 aliphatic carbocycles. The molecule has 3 N–H and O–H groups in total. The molecule has 1 aromatic rings. The molecule has 5 heteroatoms. The van der Waals surface area contributed by atoms with Gasteiger partial charge in [-0.05, 0) is 25.1 Å². The molecule has 2 rings (SSSR count). The highest BCUT2D eigenvalue weighted by Crippen LogP contribution is 2.14. The van der Waals surface area contributed by atoms with Crippen LogP contribution >= 0.6 is 0 Å². The zero-order chi connectivity index (χ0) is 12.3. The van der Waals surface area contributed by atoms with Crippen LogP contribution in [0, 0.1) is 5.82 Å². The second kappa shape index (κ2) is 5.25. The van der Waals surface area contributed by atoms with Crippen molar-refractivity contribution in [3.05, 3.63) is 35.1 Å². The van der Waals surface area contributed by atoms with E-state index in [0.29, 0.717) is 5.56 Å². The van der Waals surface area contributed by atoms with Crippen molar-refractivity contribution in [3.8, 4) is 0 Å². The lowest BCUT2D eigenvalue weighted by Crippen LogP contribution is -2.17. The van der Waals surface area contributed by atoms with Crippen molar-refractivity contribution >= 4 is 5.91 Å². The zero-order valence-electron chi connectivity index (χ0n) is 9.41. The number of rotatable bonds is 4. The number of hydrogen-bond acceptors (Lipinski definition) is 3. The highest BCUT2D eigenvalue weighted by molar-refractivity contribution is 5.92. The third kappa shape index (κ3) is 3.01. The van der Waals surface area contributed by atoms with Crippen LogP contribution in [0.2, 0.25) is 0 Å². The molecule has 1 aromatic carbocycles. The molecule has 1 aliphatic heterocycles. The van der Waals surface area contributed by atoms with E-state index in [1.165, 1.54) is 12.1 Å². The number of amides is 1. The van der Waals surface area contributed by atoms with Gasteiger partial charge in [-0.3, -0.25) is 4.79 Å². The van der Waals surface area contributed by atoms with Crippen molar-refractivity contribution in [2.24, 2.45) is 5.73 Å². The minimum atomic E-state index is -0.628. The van der Waals surface area contributed by atoms with Gasteiger partial charge in [-0.2, -0.15) is 0 Å². The average Bonchev–Trinajstić information content (AvgIpc) is 2.80. The summed E-state index contributed by atoms with van der Waals surface area (Å²) in [6.45, 7) is 1.96. The monoisotopic (exact) mass is 238 g/mol. The molecule has 1 amide bonds. The first kappa shape index (κ1) is 12.0. The molecule has 0 saturated carbocycles. The molecule has 1 unspecified atom stereocenters. The minimum absolute atomic E-state index is 0.144. The smallest absolute Gasteiger partial charge is 0.248 e. The SMILES string of the molecule is NC(=O)c1ccc(COC2CCNC2)c(F)c1. The summed E-state index contributed by atoms with van der Waals surface area (Å²) in [4.78, 5) is 10.8. The Morgan fingerprint density at radius 3 is 3.00 bits per heavy atom. The molecule has 0 aromatic heterocycles. The highest BCUT2D eigenvalue weighted by atomic mass is 19.1. The van der Waals surface area contributed by atoms with Crippen LogP contribution < -0.4 is 11.1 Å². The first-order valence-electron chi connectivity index (χ1n) is 5.57. The van der Waals surface area contributed by atoms with Gasteiger partial charge in [0.05, 0.1) is 12.7 Å². The van der Waals surface area contributed by atoms with E-state index < -0.39 is 11.7 Å². The van der Waals surface area contributed by atoms with Crippen molar-refractivity contribution in [1.82, 2.24) is 5.32 Å². The van der Waals surface area contributed by atoms with Gasteiger partial charge in [0.15, 0.2) is 0 Å². The van der Waals surface area contributed by atoms with Gasteiger partial charge >= 0.3 is 0 Å². The summed E-state index contributed by atoms with van der Waals surface area (Å²) in [5, 5.41) is 3.17. The van der Waals surface area contributed by atoms with E-state index in [0.717, 1.165) is 25.6 Å². The second-order valence-electron chi connectivity index (χ2n) is 4.10. The Balaban J connectivity index is 1.98. The Labute approximate surface area is 98.9 Å². The van der Waals surface area contributed by atoms with E-state index in [2.05, 4.69) is 5.32 Å².